The zero-order valence-corrected chi connectivity index (χ0v) is 15.5. The molecule has 1 aromatic carbocycles. The molecular weight excluding hydrogens is 347 g/mol. The summed E-state index contributed by atoms with van der Waals surface area (Å²) in [6.07, 6.45) is 3.75. The zero-order chi connectivity index (χ0) is 19.1. The first kappa shape index (κ1) is 19.6. The van der Waals surface area contributed by atoms with E-state index in [0.717, 1.165) is 32.4 Å². The summed E-state index contributed by atoms with van der Waals surface area (Å²) in [4.78, 5) is 14.3. The first-order valence-corrected chi connectivity index (χ1v) is 9.60. The maximum atomic E-state index is 13.8. The van der Waals surface area contributed by atoms with Crippen LogP contribution in [0.1, 0.15) is 31.4 Å². The topological polar surface area (TPSA) is 68.7 Å². The molecule has 0 aliphatic carbocycles. The van der Waals surface area contributed by atoms with Crippen molar-refractivity contribution in [3.63, 3.8) is 0 Å². The lowest BCUT2D eigenvalue weighted by molar-refractivity contribution is -0.133. The van der Waals surface area contributed by atoms with E-state index in [-0.39, 0.29) is 17.8 Å². The van der Waals surface area contributed by atoms with Crippen molar-refractivity contribution in [3.8, 4) is 11.3 Å². The molecule has 2 heterocycles. The lowest BCUT2D eigenvalue weighted by Gasteiger charge is -2.32. The van der Waals surface area contributed by atoms with E-state index in [1.165, 1.54) is 6.07 Å². The van der Waals surface area contributed by atoms with E-state index in [2.05, 4.69) is 0 Å². The molecule has 0 saturated carbocycles. The van der Waals surface area contributed by atoms with Crippen molar-refractivity contribution in [1.82, 2.24) is 4.90 Å². The average Bonchev–Trinajstić information content (AvgIpc) is 3.16. The van der Waals surface area contributed by atoms with Crippen molar-refractivity contribution in [2.75, 3.05) is 26.2 Å². The van der Waals surface area contributed by atoms with Gasteiger partial charge in [-0.3, -0.25) is 4.79 Å². The van der Waals surface area contributed by atoms with Gasteiger partial charge in [0.15, 0.2) is 0 Å². The van der Waals surface area contributed by atoms with Gasteiger partial charge in [0.05, 0.1) is 11.7 Å². The van der Waals surface area contributed by atoms with E-state index in [4.69, 9.17) is 14.9 Å². The van der Waals surface area contributed by atoms with Gasteiger partial charge in [0, 0.05) is 32.5 Å². The minimum atomic E-state index is -0.314. The highest BCUT2D eigenvalue weighted by Crippen LogP contribution is 2.25. The van der Waals surface area contributed by atoms with Crippen LogP contribution >= 0.6 is 0 Å². The summed E-state index contributed by atoms with van der Waals surface area (Å²) in [5.74, 6) is 0.998. The van der Waals surface area contributed by atoms with Crippen molar-refractivity contribution in [2.24, 2.45) is 5.73 Å². The molecule has 5 nitrogen and oxygen atoms in total. The molecule has 6 heteroatoms. The Balaban J connectivity index is 1.44. The van der Waals surface area contributed by atoms with E-state index in [9.17, 15) is 9.18 Å². The average molecular weight is 374 g/mol. The third kappa shape index (κ3) is 5.40. The van der Waals surface area contributed by atoms with Crippen LogP contribution in [0.4, 0.5) is 4.39 Å². The maximum absolute atomic E-state index is 13.8. The second kappa shape index (κ2) is 9.67. The minimum absolute atomic E-state index is 0.124. The number of ether oxygens (including phenoxy) is 1. The Labute approximate surface area is 159 Å². The predicted octanol–water partition coefficient (Wildman–Crippen LogP) is 3.37. The molecule has 0 spiro atoms. The highest BCUT2D eigenvalue weighted by molar-refractivity contribution is 5.76. The Kier molecular flexibility index (Phi) is 7.01. The smallest absolute Gasteiger partial charge is 0.223 e. The van der Waals surface area contributed by atoms with Crippen molar-refractivity contribution in [1.29, 1.82) is 0 Å². The number of carbonyl (C=O) groups is 1. The normalized spacial score (nSPS) is 15.3. The number of hydrogen-bond donors (Lipinski definition) is 1. The number of hydrogen-bond acceptors (Lipinski definition) is 4. The van der Waals surface area contributed by atoms with Gasteiger partial charge in [0.1, 0.15) is 17.3 Å². The highest BCUT2D eigenvalue weighted by atomic mass is 19.1. The summed E-state index contributed by atoms with van der Waals surface area (Å²) in [6.45, 7) is 2.79. The molecule has 0 bridgehead atoms. The molecule has 1 aromatic heterocycles. The Hall–Kier alpha value is -2.18. The second-order valence-electron chi connectivity index (χ2n) is 6.84. The number of aryl methyl sites for hydroxylation is 1. The molecule has 27 heavy (non-hydrogen) atoms. The van der Waals surface area contributed by atoms with Gasteiger partial charge in [-0.1, -0.05) is 12.1 Å². The number of likely N-dealkylation sites (tertiary alicyclic amines) is 1. The van der Waals surface area contributed by atoms with Crippen LogP contribution in [0.3, 0.4) is 0 Å². The van der Waals surface area contributed by atoms with Gasteiger partial charge in [-0.15, -0.1) is 0 Å². The molecule has 0 radical (unpaired) electrons. The van der Waals surface area contributed by atoms with Crippen LogP contribution in [0.2, 0.25) is 0 Å². The van der Waals surface area contributed by atoms with Crippen LogP contribution in [-0.4, -0.2) is 43.2 Å². The van der Waals surface area contributed by atoms with Gasteiger partial charge in [0.2, 0.25) is 5.91 Å². The quantitative estimate of drug-likeness (QED) is 0.719. The number of amides is 1. The summed E-state index contributed by atoms with van der Waals surface area (Å²) in [7, 11) is 0. The van der Waals surface area contributed by atoms with Crippen LogP contribution in [0.15, 0.2) is 40.8 Å². The first-order valence-electron chi connectivity index (χ1n) is 9.60. The van der Waals surface area contributed by atoms with Crippen molar-refractivity contribution in [3.05, 3.63) is 48.0 Å². The lowest BCUT2D eigenvalue weighted by atomic mass is 10.1. The summed E-state index contributed by atoms with van der Waals surface area (Å²) < 4.78 is 25.3. The molecule has 146 valence electrons. The van der Waals surface area contributed by atoms with Crippen LogP contribution in [0.25, 0.3) is 11.3 Å². The number of rotatable bonds is 8. The highest BCUT2D eigenvalue weighted by Gasteiger charge is 2.23. The van der Waals surface area contributed by atoms with Crippen LogP contribution in [0.5, 0.6) is 0 Å². The second-order valence-corrected chi connectivity index (χ2v) is 6.84. The maximum Gasteiger partial charge on any atom is 0.223 e. The zero-order valence-electron chi connectivity index (χ0n) is 15.5. The third-order valence-corrected chi connectivity index (χ3v) is 4.88. The molecule has 1 amide bonds. The van der Waals surface area contributed by atoms with E-state index in [1.54, 1.807) is 24.3 Å². The molecule has 0 unspecified atom stereocenters. The number of furan rings is 1. The molecule has 1 aliphatic rings. The number of nitrogens with two attached hydrogens (primary N) is 1. The summed E-state index contributed by atoms with van der Waals surface area (Å²) in [5, 5.41) is 0. The van der Waals surface area contributed by atoms with Gasteiger partial charge in [-0.2, -0.15) is 0 Å². The van der Waals surface area contributed by atoms with Crippen molar-refractivity contribution >= 4 is 5.91 Å². The molecule has 2 aromatic rings. The molecular formula is C21H27FN2O3. The molecule has 3 rings (SSSR count). The van der Waals surface area contributed by atoms with Gasteiger partial charge in [-0.25, -0.2) is 4.39 Å². The Morgan fingerprint density at radius 3 is 2.74 bits per heavy atom. The number of carbonyl (C=O) groups excluding carboxylic acids is 1. The molecule has 1 aliphatic heterocycles. The summed E-state index contributed by atoms with van der Waals surface area (Å²) >= 11 is 0. The van der Waals surface area contributed by atoms with Gasteiger partial charge in [-0.05, 0) is 50.1 Å². The van der Waals surface area contributed by atoms with Crippen LogP contribution in [-0.2, 0) is 16.0 Å². The Morgan fingerprint density at radius 1 is 1.22 bits per heavy atom. The van der Waals surface area contributed by atoms with Crippen molar-refractivity contribution < 1.29 is 18.3 Å². The van der Waals surface area contributed by atoms with Gasteiger partial charge < -0.3 is 19.8 Å². The van der Waals surface area contributed by atoms with Gasteiger partial charge >= 0.3 is 0 Å². The fourth-order valence-corrected chi connectivity index (χ4v) is 3.31. The monoisotopic (exact) mass is 374 g/mol. The summed E-state index contributed by atoms with van der Waals surface area (Å²) in [6, 6.07) is 10.1. The Morgan fingerprint density at radius 2 is 2.00 bits per heavy atom. The van der Waals surface area contributed by atoms with E-state index < -0.39 is 0 Å². The summed E-state index contributed by atoms with van der Waals surface area (Å²) in [5.41, 5.74) is 5.91. The van der Waals surface area contributed by atoms with Crippen LogP contribution < -0.4 is 5.73 Å². The fourth-order valence-electron chi connectivity index (χ4n) is 3.31. The third-order valence-electron chi connectivity index (χ3n) is 4.88. The SMILES string of the molecule is NCCCOC1CCN(C(=O)CCc2ccc(-c3ccccc3F)o2)CC1. The number of piperidine rings is 1. The van der Waals surface area contributed by atoms with E-state index in [0.29, 0.717) is 43.1 Å². The predicted molar refractivity (Wildman–Crippen MR) is 102 cm³/mol. The van der Waals surface area contributed by atoms with Crippen molar-refractivity contribution in [2.45, 2.75) is 38.2 Å². The van der Waals surface area contributed by atoms with Gasteiger partial charge in [0.25, 0.3) is 0 Å². The number of benzene rings is 1. The molecule has 2 N–H and O–H groups in total. The number of nitrogens with zero attached hydrogens (tertiary/aromatic N) is 1. The fraction of sp³-hybridized carbons (Fsp3) is 0.476. The molecule has 1 fully saturated rings. The van der Waals surface area contributed by atoms with E-state index in [1.807, 2.05) is 11.0 Å². The van der Waals surface area contributed by atoms with E-state index >= 15 is 0 Å². The molecule has 1 saturated heterocycles. The Bertz CT molecular complexity index is 739. The first-order chi connectivity index (χ1) is 13.2. The lowest BCUT2D eigenvalue weighted by Crippen LogP contribution is -2.41. The standard InChI is InChI=1S/C21H27FN2O3/c22-19-5-2-1-4-18(19)20-8-6-17(27-20)7-9-21(25)24-13-10-16(11-14-24)26-15-3-12-23/h1-2,4-6,8,16H,3,7,9-15,23H2. The molecule has 0 atom stereocenters. The minimum Gasteiger partial charge on any atom is -0.461 e. The largest absolute Gasteiger partial charge is 0.461 e. The van der Waals surface area contributed by atoms with Crippen LogP contribution in [0, 0.1) is 5.82 Å². The number of halogens is 1.